The van der Waals surface area contributed by atoms with Crippen molar-refractivity contribution in [3.63, 3.8) is 0 Å². The van der Waals surface area contributed by atoms with Crippen LogP contribution >= 0.6 is 0 Å². The fourth-order valence-electron chi connectivity index (χ4n) is 1.85. The lowest BCUT2D eigenvalue weighted by Crippen LogP contribution is -2.42. The maximum atomic E-state index is 12.0. The molecule has 0 bridgehead atoms. The average molecular weight is 230 g/mol. The van der Waals surface area contributed by atoms with Crippen molar-refractivity contribution in [2.75, 3.05) is 19.8 Å². The van der Waals surface area contributed by atoms with Gasteiger partial charge in [-0.1, -0.05) is 12.1 Å². The van der Waals surface area contributed by atoms with Crippen LogP contribution in [0.1, 0.15) is 22.3 Å². The fourth-order valence-corrected chi connectivity index (χ4v) is 1.85. The van der Waals surface area contributed by atoms with Crippen molar-refractivity contribution in [1.82, 2.24) is 5.32 Å². The Kier molecular flexibility index (Phi) is 3.86. The van der Waals surface area contributed by atoms with Gasteiger partial charge in [-0.25, -0.2) is 0 Å². The van der Waals surface area contributed by atoms with Gasteiger partial charge >= 0.3 is 0 Å². The lowest BCUT2D eigenvalue weighted by molar-refractivity contribution is 0.0676. The number of nitrogens with one attached hydrogen (secondary N) is 1. The molecule has 1 aromatic rings. The number of carbonyl (C=O) groups is 1. The van der Waals surface area contributed by atoms with Gasteiger partial charge < -0.3 is 10.1 Å². The van der Waals surface area contributed by atoms with Gasteiger partial charge in [-0.3, -0.25) is 4.79 Å². The van der Waals surface area contributed by atoms with Gasteiger partial charge in [0.15, 0.2) is 5.78 Å². The van der Waals surface area contributed by atoms with E-state index in [1.807, 2.05) is 6.07 Å². The SMILES string of the molecule is N#Cc1cccc(C(=O)CC2COCCN2)c1. The van der Waals surface area contributed by atoms with Gasteiger partial charge in [0.2, 0.25) is 0 Å². The van der Waals surface area contributed by atoms with Crippen LogP contribution in [0.25, 0.3) is 0 Å². The Labute approximate surface area is 100 Å². The molecule has 2 rings (SSSR count). The van der Waals surface area contributed by atoms with E-state index >= 15 is 0 Å². The molecule has 4 nitrogen and oxygen atoms in total. The molecule has 1 unspecified atom stereocenters. The molecule has 1 aliphatic rings. The predicted molar refractivity (Wildman–Crippen MR) is 62.7 cm³/mol. The summed E-state index contributed by atoms with van der Waals surface area (Å²) in [6.45, 7) is 2.06. The number of nitrogens with zero attached hydrogens (tertiary/aromatic N) is 1. The van der Waals surface area contributed by atoms with Gasteiger partial charge in [-0.05, 0) is 12.1 Å². The molecule has 1 aromatic carbocycles. The number of benzene rings is 1. The largest absolute Gasteiger partial charge is 0.378 e. The van der Waals surface area contributed by atoms with Gasteiger partial charge in [0, 0.05) is 24.6 Å². The molecule has 0 aliphatic carbocycles. The van der Waals surface area contributed by atoms with E-state index in [1.165, 1.54) is 0 Å². The molecule has 0 spiro atoms. The van der Waals surface area contributed by atoms with E-state index in [2.05, 4.69) is 5.32 Å². The molecule has 1 heterocycles. The van der Waals surface area contributed by atoms with E-state index in [-0.39, 0.29) is 11.8 Å². The van der Waals surface area contributed by atoms with Crippen molar-refractivity contribution in [1.29, 1.82) is 5.26 Å². The summed E-state index contributed by atoms with van der Waals surface area (Å²) in [7, 11) is 0. The van der Waals surface area contributed by atoms with Crippen molar-refractivity contribution in [2.45, 2.75) is 12.5 Å². The molecule has 4 heteroatoms. The highest BCUT2D eigenvalue weighted by atomic mass is 16.5. The molecule has 1 atom stereocenters. The van der Waals surface area contributed by atoms with Crippen molar-refractivity contribution < 1.29 is 9.53 Å². The molecule has 17 heavy (non-hydrogen) atoms. The van der Waals surface area contributed by atoms with Crippen molar-refractivity contribution in [2.24, 2.45) is 0 Å². The summed E-state index contributed by atoms with van der Waals surface area (Å²) >= 11 is 0. The topological polar surface area (TPSA) is 62.1 Å². The van der Waals surface area contributed by atoms with Gasteiger partial charge in [-0.2, -0.15) is 5.26 Å². The Morgan fingerprint density at radius 2 is 2.47 bits per heavy atom. The summed E-state index contributed by atoms with van der Waals surface area (Å²) in [5, 5.41) is 12.0. The van der Waals surface area contributed by atoms with Crippen molar-refractivity contribution in [3.8, 4) is 6.07 Å². The average Bonchev–Trinajstić information content (AvgIpc) is 2.40. The van der Waals surface area contributed by atoms with Gasteiger partial charge in [0.25, 0.3) is 0 Å². The van der Waals surface area contributed by atoms with Gasteiger partial charge in [0.05, 0.1) is 24.8 Å². The minimum atomic E-state index is 0.0464. The molecule has 88 valence electrons. The third-order valence-corrected chi connectivity index (χ3v) is 2.74. The number of ketones is 1. The second kappa shape index (κ2) is 5.58. The maximum absolute atomic E-state index is 12.0. The van der Waals surface area contributed by atoms with Crippen LogP contribution in [0.5, 0.6) is 0 Å². The maximum Gasteiger partial charge on any atom is 0.164 e. The first kappa shape index (κ1) is 11.8. The zero-order valence-electron chi connectivity index (χ0n) is 9.48. The van der Waals surface area contributed by atoms with Crippen LogP contribution in [0.2, 0.25) is 0 Å². The highest BCUT2D eigenvalue weighted by Gasteiger charge is 2.17. The smallest absolute Gasteiger partial charge is 0.164 e. The number of hydrogen-bond donors (Lipinski definition) is 1. The number of morpholine rings is 1. The van der Waals surface area contributed by atoms with E-state index in [1.54, 1.807) is 24.3 Å². The van der Waals surface area contributed by atoms with Crippen LogP contribution in [0, 0.1) is 11.3 Å². The van der Waals surface area contributed by atoms with Crippen LogP contribution in [0.3, 0.4) is 0 Å². The fraction of sp³-hybridized carbons (Fsp3) is 0.385. The van der Waals surface area contributed by atoms with Crippen LogP contribution in [0.4, 0.5) is 0 Å². The molecule has 1 saturated heterocycles. The lowest BCUT2D eigenvalue weighted by atomic mass is 10.0. The molecule has 0 amide bonds. The van der Waals surface area contributed by atoms with Crippen LogP contribution in [0.15, 0.2) is 24.3 Å². The summed E-state index contributed by atoms with van der Waals surface area (Å²) in [6.07, 6.45) is 0.412. The number of rotatable bonds is 3. The Morgan fingerprint density at radius 3 is 3.18 bits per heavy atom. The summed E-state index contributed by atoms with van der Waals surface area (Å²) < 4.78 is 5.30. The van der Waals surface area contributed by atoms with E-state index in [0.29, 0.717) is 30.8 Å². The number of carbonyl (C=O) groups excluding carboxylic acids is 1. The Balaban J connectivity index is 2.01. The Hall–Kier alpha value is -1.70. The number of Topliss-reactive ketones (excluding diaryl/α,β-unsaturated/α-hetero) is 1. The van der Waals surface area contributed by atoms with E-state index < -0.39 is 0 Å². The Morgan fingerprint density at radius 1 is 1.59 bits per heavy atom. The Bertz CT molecular complexity index is 445. The molecule has 1 aliphatic heterocycles. The highest BCUT2D eigenvalue weighted by molar-refractivity contribution is 5.96. The second-order valence-corrected chi connectivity index (χ2v) is 4.05. The van der Waals surface area contributed by atoms with Crippen LogP contribution in [-0.4, -0.2) is 31.6 Å². The first-order chi connectivity index (χ1) is 8.29. The van der Waals surface area contributed by atoms with Crippen LogP contribution in [-0.2, 0) is 4.74 Å². The van der Waals surface area contributed by atoms with E-state index in [0.717, 1.165) is 6.54 Å². The molecule has 0 radical (unpaired) electrons. The van der Waals surface area contributed by atoms with Gasteiger partial charge in [-0.15, -0.1) is 0 Å². The standard InChI is InChI=1S/C13H14N2O2/c14-8-10-2-1-3-11(6-10)13(16)7-12-9-17-5-4-15-12/h1-3,6,12,15H,4-5,7,9H2. The van der Waals surface area contributed by atoms with Crippen molar-refractivity contribution in [3.05, 3.63) is 35.4 Å². The minimum Gasteiger partial charge on any atom is -0.378 e. The van der Waals surface area contributed by atoms with Crippen LogP contribution < -0.4 is 5.32 Å². The number of hydrogen-bond acceptors (Lipinski definition) is 4. The first-order valence-electron chi connectivity index (χ1n) is 5.64. The second-order valence-electron chi connectivity index (χ2n) is 4.05. The predicted octanol–water partition coefficient (Wildman–Crippen LogP) is 1.12. The third kappa shape index (κ3) is 3.13. The molecule has 1 fully saturated rings. The molecular formula is C13H14N2O2. The summed E-state index contributed by atoms with van der Waals surface area (Å²) in [6, 6.07) is 8.92. The summed E-state index contributed by atoms with van der Waals surface area (Å²) in [5.74, 6) is 0.0464. The van der Waals surface area contributed by atoms with Crippen molar-refractivity contribution >= 4 is 5.78 Å². The number of ether oxygens (including phenoxy) is 1. The lowest BCUT2D eigenvalue weighted by Gasteiger charge is -2.23. The quantitative estimate of drug-likeness (QED) is 0.790. The zero-order valence-corrected chi connectivity index (χ0v) is 9.48. The monoisotopic (exact) mass is 230 g/mol. The highest BCUT2D eigenvalue weighted by Crippen LogP contribution is 2.09. The minimum absolute atomic E-state index is 0.0464. The van der Waals surface area contributed by atoms with Gasteiger partial charge in [0.1, 0.15) is 0 Å². The zero-order chi connectivity index (χ0) is 12.1. The summed E-state index contributed by atoms with van der Waals surface area (Å²) in [4.78, 5) is 12.0. The normalized spacial score (nSPS) is 19.6. The first-order valence-corrected chi connectivity index (χ1v) is 5.64. The summed E-state index contributed by atoms with van der Waals surface area (Å²) in [5.41, 5.74) is 1.11. The molecule has 1 N–H and O–H groups in total. The molecular weight excluding hydrogens is 216 g/mol. The van der Waals surface area contributed by atoms with E-state index in [4.69, 9.17) is 10.00 Å². The molecule has 0 saturated carbocycles. The van der Waals surface area contributed by atoms with E-state index in [9.17, 15) is 4.79 Å². The molecule has 0 aromatic heterocycles. The number of nitriles is 1. The third-order valence-electron chi connectivity index (χ3n) is 2.74.